The van der Waals surface area contributed by atoms with Crippen LogP contribution in [0.5, 0.6) is 0 Å². The van der Waals surface area contributed by atoms with Crippen molar-refractivity contribution in [3.8, 4) is 0 Å². The Labute approximate surface area is 151 Å². The van der Waals surface area contributed by atoms with E-state index < -0.39 is 0 Å². The number of nitrogens with one attached hydrogen (secondary N) is 1. The normalized spacial score (nSPS) is 32.3. The number of nitrogens with zero attached hydrogens (tertiary/aromatic N) is 1. The molecule has 0 aromatic heterocycles. The first-order chi connectivity index (χ1) is 11.2. The van der Waals surface area contributed by atoms with Crippen LogP contribution in [0.15, 0.2) is 24.3 Å². The van der Waals surface area contributed by atoms with Crippen LogP contribution in [0.4, 0.5) is 0 Å². The fraction of sp³-hybridized carbons (Fsp3) is 0.650. The van der Waals surface area contributed by atoms with Gasteiger partial charge in [0, 0.05) is 25.6 Å². The summed E-state index contributed by atoms with van der Waals surface area (Å²) in [6, 6.07) is 8.67. The van der Waals surface area contributed by atoms with Crippen LogP contribution in [-0.4, -0.2) is 37.0 Å². The van der Waals surface area contributed by atoms with Crippen LogP contribution in [0.2, 0.25) is 0 Å². The van der Waals surface area contributed by atoms with E-state index in [1.807, 2.05) is 0 Å². The van der Waals surface area contributed by atoms with Crippen molar-refractivity contribution in [2.75, 3.05) is 26.2 Å². The van der Waals surface area contributed by atoms with Gasteiger partial charge in [0.1, 0.15) is 0 Å². The number of amides is 1. The molecule has 2 aliphatic heterocycles. The van der Waals surface area contributed by atoms with E-state index in [0.717, 1.165) is 39.0 Å². The number of fused-ring (bicyclic) bond motifs is 1. The van der Waals surface area contributed by atoms with Crippen molar-refractivity contribution in [1.29, 1.82) is 0 Å². The van der Waals surface area contributed by atoms with E-state index in [2.05, 4.69) is 41.4 Å². The van der Waals surface area contributed by atoms with Crippen molar-refractivity contribution in [3.63, 3.8) is 0 Å². The maximum absolute atomic E-state index is 13.4. The number of carbonyl (C=O) groups is 1. The highest BCUT2D eigenvalue weighted by Gasteiger charge is 2.52. The molecule has 1 aliphatic carbocycles. The van der Waals surface area contributed by atoms with Gasteiger partial charge in [-0.2, -0.15) is 0 Å². The molecule has 2 heterocycles. The van der Waals surface area contributed by atoms with E-state index in [-0.39, 0.29) is 17.8 Å². The number of likely N-dealkylation sites (tertiary alicyclic amines) is 1. The molecule has 0 radical (unpaired) electrons. The Balaban J connectivity index is 0.00000169. The summed E-state index contributed by atoms with van der Waals surface area (Å²) in [5.74, 6) is 1.54. The molecule has 132 valence electrons. The number of hydrogen-bond donors (Lipinski definition) is 1. The molecule has 1 unspecified atom stereocenters. The Morgan fingerprint density at radius 1 is 1.25 bits per heavy atom. The van der Waals surface area contributed by atoms with Gasteiger partial charge in [0.25, 0.3) is 0 Å². The van der Waals surface area contributed by atoms with E-state index in [1.165, 1.54) is 30.4 Å². The fourth-order valence-corrected chi connectivity index (χ4v) is 5.23. The van der Waals surface area contributed by atoms with Crippen LogP contribution in [0.3, 0.4) is 0 Å². The van der Waals surface area contributed by atoms with Crippen LogP contribution in [0.1, 0.15) is 49.1 Å². The van der Waals surface area contributed by atoms with Crippen LogP contribution in [0.25, 0.3) is 0 Å². The molecule has 4 heteroatoms. The van der Waals surface area contributed by atoms with E-state index in [4.69, 9.17) is 0 Å². The minimum absolute atomic E-state index is 0. The Bertz CT molecular complexity index is 605. The van der Waals surface area contributed by atoms with Crippen molar-refractivity contribution >= 4 is 18.3 Å². The van der Waals surface area contributed by atoms with Gasteiger partial charge < -0.3 is 10.2 Å². The first-order valence-electron chi connectivity index (χ1n) is 9.26. The van der Waals surface area contributed by atoms with Gasteiger partial charge in [-0.05, 0) is 49.8 Å². The van der Waals surface area contributed by atoms with Gasteiger partial charge in [0.15, 0.2) is 0 Å². The molecule has 1 aromatic rings. The molecule has 3 aliphatic rings. The molecule has 1 aromatic carbocycles. The summed E-state index contributed by atoms with van der Waals surface area (Å²) < 4.78 is 0. The molecule has 1 saturated carbocycles. The van der Waals surface area contributed by atoms with Crippen molar-refractivity contribution < 1.29 is 4.79 Å². The molecule has 1 N–H and O–H groups in total. The Morgan fingerprint density at radius 2 is 2.08 bits per heavy atom. The summed E-state index contributed by atoms with van der Waals surface area (Å²) in [5, 5.41) is 3.51. The predicted octanol–water partition coefficient (Wildman–Crippen LogP) is 3.51. The highest BCUT2D eigenvalue weighted by molar-refractivity contribution is 5.85. The maximum atomic E-state index is 13.4. The SMILES string of the molecule is Cc1ccccc1C1CCN(C(=O)[C@@]23CCCC[C@H]2CNC3)C1.Cl. The third kappa shape index (κ3) is 2.86. The number of halogens is 1. The monoisotopic (exact) mass is 348 g/mol. The molecule has 4 rings (SSSR count). The molecule has 3 fully saturated rings. The molecule has 0 spiro atoms. The molecular formula is C20H29ClN2O. The van der Waals surface area contributed by atoms with Gasteiger partial charge >= 0.3 is 0 Å². The van der Waals surface area contributed by atoms with Crippen LogP contribution < -0.4 is 5.32 Å². The van der Waals surface area contributed by atoms with Crippen LogP contribution in [0, 0.1) is 18.3 Å². The molecular weight excluding hydrogens is 320 g/mol. The minimum atomic E-state index is -0.0845. The summed E-state index contributed by atoms with van der Waals surface area (Å²) in [4.78, 5) is 15.5. The first kappa shape index (κ1) is 17.8. The second-order valence-corrected chi connectivity index (χ2v) is 7.82. The van der Waals surface area contributed by atoms with Gasteiger partial charge in [0.2, 0.25) is 5.91 Å². The lowest BCUT2D eigenvalue weighted by Gasteiger charge is -2.39. The second-order valence-electron chi connectivity index (χ2n) is 7.82. The zero-order chi connectivity index (χ0) is 15.9. The smallest absolute Gasteiger partial charge is 0.230 e. The van der Waals surface area contributed by atoms with Gasteiger partial charge in [-0.15, -0.1) is 12.4 Å². The van der Waals surface area contributed by atoms with E-state index in [1.54, 1.807) is 0 Å². The summed E-state index contributed by atoms with van der Waals surface area (Å²) in [7, 11) is 0. The zero-order valence-electron chi connectivity index (χ0n) is 14.6. The Morgan fingerprint density at radius 3 is 2.92 bits per heavy atom. The van der Waals surface area contributed by atoms with Crippen LogP contribution in [-0.2, 0) is 4.79 Å². The van der Waals surface area contributed by atoms with E-state index in [9.17, 15) is 4.79 Å². The van der Waals surface area contributed by atoms with E-state index >= 15 is 0 Å². The third-order valence-corrected chi connectivity index (χ3v) is 6.57. The second kappa shape index (κ2) is 7.05. The summed E-state index contributed by atoms with van der Waals surface area (Å²) in [5.41, 5.74) is 2.71. The number of carbonyl (C=O) groups excluding carboxylic acids is 1. The number of aryl methyl sites for hydroxylation is 1. The number of rotatable bonds is 2. The highest BCUT2D eigenvalue weighted by atomic mass is 35.5. The Kier molecular flexibility index (Phi) is 5.22. The molecule has 3 nitrogen and oxygen atoms in total. The molecule has 3 atom stereocenters. The highest BCUT2D eigenvalue weighted by Crippen LogP contribution is 2.46. The lowest BCUT2D eigenvalue weighted by Crippen LogP contribution is -2.49. The Hall–Kier alpha value is -1.06. The number of hydrogen-bond acceptors (Lipinski definition) is 2. The molecule has 24 heavy (non-hydrogen) atoms. The number of benzene rings is 1. The van der Waals surface area contributed by atoms with Crippen molar-refractivity contribution in [2.24, 2.45) is 11.3 Å². The van der Waals surface area contributed by atoms with Crippen molar-refractivity contribution in [2.45, 2.75) is 44.9 Å². The van der Waals surface area contributed by atoms with Crippen molar-refractivity contribution in [3.05, 3.63) is 35.4 Å². The standard InChI is InChI=1S/C20H28N2O.ClH/c1-15-6-2-3-8-18(15)16-9-11-22(13-16)19(23)20-10-5-4-7-17(20)12-21-14-20;/h2-3,6,8,16-17,21H,4-5,7,9-14H2,1H3;1H/t16?,17-,20+;/m0./s1. The predicted molar refractivity (Wildman–Crippen MR) is 99.6 cm³/mol. The molecule has 2 saturated heterocycles. The van der Waals surface area contributed by atoms with E-state index in [0.29, 0.717) is 17.7 Å². The average molecular weight is 349 g/mol. The third-order valence-electron chi connectivity index (χ3n) is 6.57. The first-order valence-corrected chi connectivity index (χ1v) is 9.26. The largest absolute Gasteiger partial charge is 0.342 e. The summed E-state index contributed by atoms with van der Waals surface area (Å²) in [6.45, 7) is 5.99. The van der Waals surface area contributed by atoms with Crippen LogP contribution >= 0.6 is 12.4 Å². The lowest BCUT2D eigenvalue weighted by molar-refractivity contribution is -0.144. The summed E-state index contributed by atoms with van der Waals surface area (Å²) in [6.07, 6.45) is 5.96. The quantitative estimate of drug-likeness (QED) is 0.887. The fourth-order valence-electron chi connectivity index (χ4n) is 5.23. The van der Waals surface area contributed by atoms with Crippen molar-refractivity contribution in [1.82, 2.24) is 10.2 Å². The van der Waals surface area contributed by atoms with Gasteiger partial charge in [-0.1, -0.05) is 37.1 Å². The average Bonchev–Trinajstić information content (AvgIpc) is 3.22. The van der Waals surface area contributed by atoms with Gasteiger partial charge in [-0.25, -0.2) is 0 Å². The molecule has 0 bridgehead atoms. The molecule has 1 amide bonds. The van der Waals surface area contributed by atoms with Gasteiger partial charge in [-0.3, -0.25) is 4.79 Å². The lowest BCUT2D eigenvalue weighted by atomic mass is 9.67. The minimum Gasteiger partial charge on any atom is -0.342 e. The maximum Gasteiger partial charge on any atom is 0.230 e. The van der Waals surface area contributed by atoms with Gasteiger partial charge in [0.05, 0.1) is 5.41 Å². The zero-order valence-corrected chi connectivity index (χ0v) is 15.4. The topological polar surface area (TPSA) is 32.3 Å². The summed E-state index contributed by atoms with van der Waals surface area (Å²) >= 11 is 0.